The first-order valence-corrected chi connectivity index (χ1v) is 9.27. The van der Waals surface area contributed by atoms with E-state index in [4.69, 9.17) is 4.42 Å². The van der Waals surface area contributed by atoms with Crippen LogP contribution in [0.25, 0.3) is 11.0 Å². The molecule has 4 rings (SSSR count). The van der Waals surface area contributed by atoms with Gasteiger partial charge in [-0.05, 0) is 18.2 Å². The summed E-state index contributed by atoms with van der Waals surface area (Å²) < 4.78 is 5.53. The maximum atomic E-state index is 12.4. The second kappa shape index (κ2) is 8.08. The first-order valence-electron chi connectivity index (χ1n) is 9.27. The van der Waals surface area contributed by atoms with E-state index < -0.39 is 0 Å². The average molecular weight is 379 g/mol. The minimum atomic E-state index is -0.310. The third kappa shape index (κ3) is 3.95. The van der Waals surface area contributed by atoms with Gasteiger partial charge in [0.15, 0.2) is 5.76 Å². The minimum absolute atomic E-state index is 0.0264. The number of anilines is 1. The van der Waals surface area contributed by atoms with E-state index in [1.165, 1.54) is 0 Å². The molecule has 1 fully saturated rings. The van der Waals surface area contributed by atoms with E-state index in [2.05, 4.69) is 20.2 Å². The molecule has 144 valence electrons. The maximum Gasteiger partial charge on any atom is 0.287 e. The fourth-order valence-electron chi connectivity index (χ4n) is 3.23. The lowest BCUT2D eigenvalue weighted by Gasteiger charge is -2.34. The summed E-state index contributed by atoms with van der Waals surface area (Å²) in [7, 11) is 0. The summed E-state index contributed by atoms with van der Waals surface area (Å²) in [5.41, 5.74) is 0.670. The Kier molecular flexibility index (Phi) is 5.18. The van der Waals surface area contributed by atoms with Gasteiger partial charge in [-0.3, -0.25) is 9.59 Å². The van der Waals surface area contributed by atoms with Crippen LogP contribution in [-0.2, 0) is 4.79 Å². The Balaban J connectivity index is 1.23. The van der Waals surface area contributed by atoms with E-state index in [1.807, 2.05) is 29.2 Å². The molecule has 1 N–H and O–H groups in total. The first-order chi connectivity index (χ1) is 13.7. The number of hydrogen-bond donors (Lipinski definition) is 1. The van der Waals surface area contributed by atoms with Gasteiger partial charge in [0.2, 0.25) is 11.9 Å². The summed E-state index contributed by atoms with van der Waals surface area (Å²) in [6.07, 6.45) is 3.68. The van der Waals surface area contributed by atoms with Crippen molar-refractivity contribution < 1.29 is 14.0 Å². The number of carbonyl (C=O) groups is 2. The fourth-order valence-corrected chi connectivity index (χ4v) is 3.23. The van der Waals surface area contributed by atoms with Crippen molar-refractivity contribution in [2.24, 2.45) is 0 Å². The molecule has 1 aliphatic heterocycles. The molecule has 3 aromatic rings. The molecule has 2 amide bonds. The Bertz CT molecular complexity index is 931. The van der Waals surface area contributed by atoms with E-state index >= 15 is 0 Å². The molecule has 2 aromatic heterocycles. The molecule has 28 heavy (non-hydrogen) atoms. The van der Waals surface area contributed by atoms with Gasteiger partial charge in [0.25, 0.3) is 5.91 Å². The Morgan fingerprint density at radius 3 is 2.54 bits per heavy atom. The highest BCUT2D eigenvalue weighted by Crippen LogP contribution is 2.18. The highest BCUT2D eigenvalue weighted by Gasteiger charge is 2.22. The van der Waals surface area contributed by atoms with Crippen molar-refractivity contribution in [3.05, 3.63) is 54.6 Å². The van der Waals surface area contributed by atoms with Crippen molar-refractivity contribution in [1.82, 2.24) is 20.2 Å². The molecule has 0 atom stereocenters. The summed E-state index contributed by atoms with van der Waals surface area (Å²) in [4.78, 5) is 37.0. The van der Waals surface area contributed by atoms with Gasteiger partial charge in [-0.1, -0.05) is 18.2 Å². The van der Waals surface area contributed by atoms with Crippen molar-refractivity contribution in [2.75, 3.05) is 37.6 Å². The summed E-state index contributed by atoms with van der Waals surface area (Å²) in [6, 6.07) is 10.9. The second-order valence-electron chi connectivity index (χ2n) is 6.57. The third-order valence-corrected chi connectivity index (χ3v) is 4.74. The highest BCUT2D eigenvalue weighted by molar-refractivity contribution is 5.96. The number of furan rings is 1. The Morgan fingerprint density at radius 1 is 1.04 bits per heavy atom. The fraction of sp³-hybridized carbons (Fsp3) is 0.300. The molecular weight excluding hydrogens is 358 g/mol. The van der Waals surface area contributed by atoms with Crippen molar-refractivity contribution in [2.45, 2.75) is 6.42 Å². The molecule has 3 heterocycles. The van der Waals surface area contributed by atoms with Crippen LogP contribution in [0.3, 0.4) is 0 Å². The number of piperazine rings is 1. The number of nitrogens with one attached hydrogen (secondary N) is 1. The molecule has 8 heteroatoms. The zero-order chi connectivity index (χ0) is 19.3. The van der Waals surface area contributed by atoms with Crippen LogP contribution >= 0.6 is 0 Å². The van der Waals surface area contributed by atoms with Gasteiger partial charge in [0.05, 0.1) is 0 Å². The summed E-state index contributed by atoms with van der Waals surface area (Å²) in [5.74, 6) is 0.659. The van der Waals surface area contributed by atoms with E-state index in [9.17, 15) is 9.59 Å². The molecule has 8 nitrogen and oxygen atoms in total. The van der Waals surface area contributed by atoms with Crippen LogP contribution in [-0.4, -0.2) is 59.4 Å². The predicted octanol–water partition coefficient (Wildman–Crippen LogP) is 1.69. The molecule has 1 aliphatic rings. The molecule has 0 saturated carbocycles. The molecular formula is C20H21N5O3. The van der Waals surface area contributed by atoms with Crippen molar-refractivity contribution >= 4 is 28.7 Å². The van der Waals surface area contributed by atoms with Gasteiger partial charge in [-0.15, -0.1) is 0 Å². The number of benzene rings is 1. The smallest absolute Gasteiger partial charge is 0.287 e. The predicted molar refractivity (Wildman–Crippen MR) is 104 cm³/mol. The SMILES string of the molecule is O=C(NCCC(=O)N1CCN(c2ncccn2)CC1)c1cc2ccccc2o1. The normalized spacial score (nSPS) is 14.3. The number of aromatic nitrogens is 2. The summed E-state index contributed by atoms with van der Waals surface area (Å²) >= 11 is 0. The van der Waals surface area contributed by atoms with Crippen LogP contribution in [0.5, 0.6) is 0 Å². The van der Waals surface area contributed by atoms with Crippen LogP contribution < -0.4 is 10.2 Å². The number of amides is 2. The topological polar surface area (TPSA) is 91.6 Å². The minimum Gasteiger partial charge on any atom is -0.451 e. The Labute approximate surface area is 162 Å². The van der Waals surface area contributed by atoms with Crippen LogP contribution in [0.4, 0.5) is 5.95 Å². The van der Waals surface area contributed by atoms with E-state index in [-0.39, 0.29) is 30.5 Å². The number of nitrogens with zero attached hydrogens (tertiary/aromatic N) is 4. The summed E-state index contributed by atoms with van der Waals surface area (Å²) in [5, 5.41) is 3.63. The molecule has 1 saturated heterocycles. The van der Waals surface area contributed by atoms with Crippen molar-refractivity contribution in [3.8, 4) is 0 Å². The molecule has 0 bridgehead atoms. The quantitative estimate of drug-likeness (QED) is 0.725. The molecule has 1 aromatic carbocycles. The van der Waals surface area contributed by atoms with Crippen LogP contribution in [0.1, 0.15) is 17.0 Å². The monoisotopic (exact) mass is 379 g/mol. The summed E-state index contributed by atoms with van der Waals surface area (Å²) in [6.45, 7) is 2.90. The zero-order valence-electron chi connectivity index (χ0n) is 15.4. The third-order valence-electron chi connectivity index (χ3n) is 4.74. The van der Waals surface area contributed by atoms with Gasteiger partial charge in [-0.25, -0.2) is 9.97 Å². The zero-order valence-corrected chi connectivity index (χ0v) is 15.4. The van der Waals surface area contributed by atoms with Gasteiger partial charge >= 0.3 is 0 Å². The lowest BCUT2D eigenvalue weighted by atomic mass is 10.2. The molecule has 0 radical (unpaired) electrons. The van der Waals surface area contributed by atoms with Crippen LogP contribution in [0, 0.1) is 0 Å². The van der Waals surface area contributed by atoms with Gasteiger partial charge in [0.1, 0.15) is 5.58 Å². The number of carbonyl (C=O) groups excluding carboxylic acids is 2. The average Bonchev–Trinajstić information content (AvgIpc) is 3.19. The lowest BCUT2D eigenvalue weighted by Crippen LogP contribution is -2.49. The van der Waals surface area contributed by atoms with Crippen molar-refractivity contribution in [3.63, 3.8) is 0 Å². The van der Waals surface area contributed by atoms with Crippen molar-refractivity contribution in [1.29, 1.82) is 0 Å². The molecule has 0 spiro atoms. The maximum absolute atomic E-state index is 12.4. The van der Waals surface area contributed by atoms with Gasteiger partial charge in [-0.2, -0.15) is 0 Å². The van der Waals surface area contributed by atoms with Gasteiger partial charge in [0, 0.05) is 56.9 Å². The lowest BCUT2D eigenvalue weighted by molar-refractivity contribution is -0.131. The van der Waals surface area contributed by atoms with E-state index in [0.717, 1.165) is 5.39 Å². The number of hydrogen-bond acceptors (Lipinski definition) is 6. The number of para-hydroxylation sites is 1. The largest absolute Gasteiger partial charge is 0.451 e. The standard InChI is InChI=1S/C20H21N5O3/c26-18(24-10-12-25(13-11-24)20-22-7-3-8-23-20)6-9-21-19(27)17-14-15-4-1-2-5-16(15)28-17/h1-5,7-8,14H,6,9-13H2,(H,21,27). The first kappa shape index (κ1) is 18.0. The number of fused-ring (bicyclic) bond motifs is 1. The van der Waals surface area contributed by atoms with Gasteiger partial charge < -0.3 is 19.5 Å². The molecule has 0 aliphatic carbocycles. The van der Waals surface area contributed by atoms with E-state index in [0.29, 0.717) is 37.7 Å². The van der Waals surface area contributed by atoms with Crippen LogP contribution in [0.2, 0.25) is 0 Å². The van der Waals surface area contributed by atoms with Crippen LogP contribution in [0.15, 0.2) is 53.2 Å². The Hall–Kier alpha value is -3.42. The Morgan fingerprint density at radius 2 is 1.79 bits per heavy atom. The second-order valence-corrected chi connectivity index (χ2v) is 6.57. The van der Waals surface area contributed by atoms with E-state index in [1.54, 1.807) is 24.5 Å². The highest BCUT2D eigenvalue weighted by atomic mass is 16.3. The molecule has 0 unspecified atom stereocenters. The number of rotatable bonds is 5.